The molecule has 2 aliphatic carbocycles. The van der Waals surface area contributed by atoms with Crippen molar-refractivity contribution in [3.63, 3.8) is 0 Å². The van der Waals surface area contributed by atoms with Crippen LogP contribution in [0.4, 0.5) is 0 Å². The van der Waals surface area contributed by atoms with Gasteiger partial charge in [-0.3, -0.25) is 24.2 Å². The monoisotopic (exact) mass is 432 g/mol. The van der Waals surface area contributed by atoms with Crippen LogP contribution in [0.5, 0.6) is 0 Å². The Hall–Kier alpha value is -3.42. The Labute approximate surface area is 187 Å². The Morgan fingerprint density at radius 1 is 1.06 bits per heavy atom. The second-order valence-electron chi connectivity index (χ2n) is 8.71. The lowest BCUT2D eigenvalue weighted by Crippen LogP contribution is -2.43. The number of imide groups is 1. The molecule has 3 aliphatic rings. The van der Waals surface area contributed by atoms with E-state index in [9.17, 15) is 9.59 Å². The van der Waals surface area contributed by atoms with Crippen LogP contribution < -0.4 is 10.6 Å². The summed E-state index contributed by atoms with van der Waals surface area (Å²) in [6.45, 7) is 2.13. The normalized spacial score (nSPS) is 26.2. The summed E-state index contributed by atoms with van der Waals surface area (Å²) < 4.78 is 1.91. The van der Waals surface area contributed by atoms with E-state index in [4.69, 9.17) is 0 Å². The number of rotatable bonds is 7. The van der Waals surface area contributed by atoms with Crippen LogP contribution in [0.15, 0.2) is 59.9 Å². The summed E-state index contributed by atoms with van der Waals surface area (Å²) in [7, 11) is 1.70. The van der Waals surface area contributed by atoms with Crippen molar-refractivity contribution in [2.45, 2.75) is 19.5 Å². The molecule has 2 aromatic rings. The number of carbonyl (C=O) groups is 2. The highest BCUT2D eigenvalue weighted by atomic mass is 16.2. The van der Waals surface area contributed by atoms with E-state index in [0.29, 0.717) is 25.6 Å². The van der Waals surface area contributed by atoms with Gasteiger partial charge in [-0.2, -0.15) is 5.10 Å². The van der Waals surface area contributed by atoms with Gasteiger partial charge in [-0.25, -0.2) is 0 Å². The minimum absolute atomic E-state index is 0.00701. The summed E-state index contributed by atoms with van der Waals surface area (Å²) in [5, 5.41) is 10.9. The van der Waals surface area contributed by atoms with Gasteiger partial charge in [-0.05, 0) is 23.8 Å². The van der Waals surface area contributed by atoms with Gasteiger partial charge in [0.2, 0.25) is 11.8 Å². The average molecular weight is 433 g/mol. The lowest BCUT2D eigenvalue weighted by molar-refractivity contribution is -0.140. The second kappa shape index (κ2) is 8.61. The lowest BCUT2D eigenvalue weighted by Gasteiger charge is -2.18. The van der Waals surface area contributed by atoms with Gasteiger partial charge in [0.15, 0.2) is 5.96 Å². The summed E-state index contributed by atoms with van der Waals surface area (Å²) >= 11 is 0. The molecule has 8 heteroatoms. The first-order chi connectivity index (χ1) is 15.6. The first-order valence-electron chi connectivity index (χ1n) is 11.2. The van der Waals surface area contributed by atoms with Gasteiger partial charge in [-0.1, -0.05) is 42.5 Å². The number of aliphatic imine (C=N–C) groups is 1. The SMILES string of the molecule is CN=C(NCCN1C(=O)C2C3C=CC(C3)C2C1=O)NCc1cnn(Cc2ccccc2)c1. The quantitative estimate of drug-likeness (QED) is 0.299. The molecule has 4 atom stereocenters. The zero-order chi connectivity index (χ0) is 22.1. The first-order valence-corrected chi connectivity index (χ1v) is 11.2. The van der Waals surface area contributed by atoms with Crippen LogP contribution >= 0.6 is 0 Å². The van der Waals surface area contributed by atoms with E-state index < -0.39 is 0 Å². The van der Waals surface area contributed by atoms with Gasteiger partial charge in [0.05, 0.1) is 24.6 Å². The third kappa shape index (κ3) is 3.81. The van der Waals surface area contributed by atoms with Gasteiger partial charge in [0.1, 0.15) is 0 Å². The molecule has 8 nitrogen and oxygen atoms in total. The van der Waals surface area contributed by atoms with Crippen molar-refractivity contribution in [2.24, 2.45) is 28.7 Å². The lowest BCUT2D eigenvalue weighted by atomic mass is 9.85. The fourth-order valence-electron chi connectivity index (χ4n) is 5.23. The number of likely N-dealkylation sites (tertiary alicyclic amines) is 1. The van der Waals surface area contributed by atoms with E-state index in [-0.39, 0.29) is 35.5 Å². The van der Waals surface area contributed by atoms with Crippen molar-refractivity contribution >= 4 is 17.8 Å². The van der Waals surface area contributed by atoms with Crippen LogP contribution in [0, 0.1) is 23.7 Å². The summed E-state index contributed by atoms with van der Waals surface area (Å²) in [6, 6.07) is 10.2. The Kier molecular flexibility index (Phi) is 5.51. The molecule has 2 fully saturated rings. The summed E-state index contributed by atoms with van der Waals surface area (Å²) in [4.78, 5) is 31.2. The fraction of sp³-hybridized carbons (Fsp3) is 0.417. The number of hydrogen-bond donors (Lipinski definition) is 2. The Morgan fingerprint density at radius 3 is 2.47 bits per heavy atom. The Morgan fingerprint density at radius 2 is 1.78 bits per heavy atom. The van der Waals surface area contributed by atoms with Gasteiger partial charge in [0.25, 0.3) is 0 Å². The maximum Gasteiger partial charge on any atom is 0.233 e. The first kappa shape index (κ1) is 20.5. The molecule has 32 heavy (non-hydrogen) atoms. The highest BCUT2D eigenvalue weighted by molar-refractivity contribution is 6.06. The van der Waals surface area contributed by atoms with Crippen LogP contribution in [0.1, 0.15) is 17.5 Å². The van der Waals surface area contributed by atoms with Gasteiger partial charge >= 0.3 is 0 Å². The third-order valence-electron chi connectivity index (χ3n) is 6.75. The number of fused-ring (bicyclic) bond motifs is 5. The zero-order valence-electron chi connectivity index (χ0n) is 18.1. The van der Waals surface area contributed by atoms with Crippen LogP contribution in [0.3, 0.4) is 0 Å². The molecule has 5 rings (SSSR count). The molecule has 0 radical (unpaired) electrons. The van der Waals surface area contributed by atoms with Crippen molar-refractivity contribution in [1.29, 1.82) is 0 Å². The van der Waals surface area contributed by atoms with Crippen molar-refractivity contribution in [3.8, 4) is 0 Å². The molecule has 2 amide bonds. The predicted octanol–water partition coefficient (Wildman–Crippen LogP) is 1.40. The Balaban J connectivity index is 1.09. The molecule has 0 spiro atoms. The van der Waals surface area contributed by atoms with E-state index in [2.05, 4.69) is 45.0 Å². The number of benzene rings is 1. The summed E-state index contributed by atoms with van der Waals surface area (Å²) in [5.41, 5.74) is 2.25. The van der Waals surface area contributed by atoms with Crippen LogP contribution in [-0.4, -0.2) is 52.6 Å². The number of nitrogens with zero attached hydrogens (tertiary/aromatic N) is 4. The highest BCUT2D eigenvalue weighted by Crippen LogP contribution is 2.52. The molecule has 2 heterocycles. The molecular formula is C24H28N6O2. The zero-order valence-corrected chi connectivity index (χ0v) is 18.1. The van der Waals surface area contributed by atoms with E-state index >= 15 is 0 Å². The fourth-order valence-corrected chi connectivity index (χ4v) is 5.23. The van der Waals surface area contributed by atoms with Crippen molar-refractivity contribution in [3.05, 3.63) is 66.0 Å². The summed E-state index contributed by atoms with van der Waals surface area (Å²) in [6.07, 6.45) is 9.04. The van der Waals surface area contributed by atoms with E-state index in [1.807, 2.05) is 35.3 Å². The topological polar surface area (TPSA) is 91.6 Å². The van der Waals surface area contributed by atoms with Crippen LogP contribution in [0.2, 0.25) is 0 Å². The van der Waals surface area contributed by atoms with E-state index in [1.165, 1.54) is 10.5 Å². The maximum absolute atomic E-state index is 12.8. The smallest absolute Gasteiger partial charge is 0.233 e. The molecule has 1 aliphatic heterocycles. The Bertz CT molecular complexity index is 1030. The second-order valence-corrected chi connectivity index (χ2v) is 8.71. The molecule has 2 bridgehead atoms. The molecule has 1 aromatic heterocycles. The predicted molar refractivity (Wildman–Crippen MR) is 120 cm³/mol. The number of guanidine groups is 1. The molecule has 1 aromatic carbocycles. The van der Waals surface area contributed by atoms with Gasteiger partial charge in [0, 0.05) is 38.4 Å². The number of hydrogen-bond acceptors (Lipinski definition) is 4. The van der Waals surface area contributed by atoms with E-state index in [1.54, 1.807) is 7.05 Å². The van der Waals surface area contributed by atoms with E-state index in [0.717, 1.165) is 18.5 Å². The van der Waals surface area contributed by atoms with Crippen molar-refractivity contribution in [1.82, 2.24) is 25.3 Å². The van der Waals surface area contributed by atoms with Gasteiger partial charge in [-0.15, -0.1) is 0 Å². The number of allylic oxidation sites excluding steroid dienone is 2. The minimum atomic E-state index is -0.137. The third-order valence-corrected chi connectivity index (χ3v) is 6.75. The molecule has 4 unspecified atom stereocenters. The largest absolute Gasteiger partial charge is 0.355 e. The number of carbonyl (C=O) groups excluding carboxylic acids is 2. The van der Waals surface area contributed by atoms with Crippen molar-refractivity contribution < 1.29 is 9.59 Å². The molecule has 166 valence electrons. The number of nitrogens with one attached hydrogen (secondary N) is 2. The minimum Gasteiger partial charge on any atom is -0.355 e. The average Bonchev–Trinajstić information content (AvgIpc) is 3.58. The number of amides is 2. The number of aromatic nitrogens is 2. The molecular weight excluding hydrogens is 404 g/mol. The summed E-state index contributed by atoms with van der Waals surface area (Å²) in [5.74, 6) is 0.833. The highest BCUT2D eigenvalue weighted by Gasteiger charge is 2.58. The van der Waals surface area contributed by atoms with Gasteiger partial charge < -0.3 is 10.6 Å². The maximum atomic E-state index is 12.8. The van der Waals surface area contributed by atoms with Crippen LogP contribution in [0.25, 0.3) is 0 Å². The van der Waals surface area contributed by atoms with Crippen LogP contribution in [-0.2, 0) is 22.7 Å². The molecule has 2 N–H and O–H groups in total. The standard InChI is InChI=1S/C24H28N6O2/c1-25-24(27-12-17-13-28-29(15-17)14-16-5-3-2-4-6-16)26-9-10-30-22(31)20-18-7-8-19(11-18)21(20)23(30)32/h2-8,13,15,18-21H,9-12,14H2,1H3,(H2,25,26,27). The molecule has 1 saturated heterocycles. The molecule has 1 saturated carbocycles. The van der Waals surface area contributed by atoms with Crippen molar-refractivity contribution in [2.75, 3.05) is 20.1 Å².